The summed E-state index contributed by atoms with van der Waals surface area (Å²) in [5, 5.41) is 0. The molecule has 0 aliphatic heterocycles. The van der Waals surface area contributed by atoms with E-state index >= 15 is 0 Å². The summed E-state index contributed by atoms with van der Waals surface area (Å²) in [7, 11) is -1.96. The number of hydrogen-bond acceptors (Lipinski definition) is 4. The van der Waals surface area contributed by atoms with Gasteiger partial charge in [-0.15, -0.1) is 12.4 Å². The van der Waals surface area contributed by atoms with Gasteiger partial charge in [0.15, 0.2) is 0 Å². The number of sulfonamides is 1. The molecule has 23 heavy (non-hydrogen) atoms. The Balaban J connectivity index is 0.00000264. The summed E-state index contributed by atoms with van der Waals surface area (Å²) in [5.74, 6) is 1.37. The molecule has 3 N–H and O–H groups in total. The van der Waals surface area contributed by atoms with Crippen LogP contribution in [0.4, 0.5) is 0 Å². The molecule has 0 aromatic heterocycles. The van der Waals surface area contributed by atoms with Gasteiger partial charge in [0.05, 0.1) is 12.0 Å². The topological polar surface area (TPSA) is 81.4 Å². The summed E-state index contributed by atoms with van der Waals surface area (Å²) in [6.07, 6.45) is 2.20. The number of hydrogen-bond donors (Lipinski definition) is 2. The van der Waals surface area contributed by atoms with Gasteiger partial charge in [0, 0.05) is 12.6 Å². The molecule has 0 saturated heterocycles. The summed E-state index contributed by atoms with van der Waals surface area (Å²) >= 11 is 0. The van der Waals surface area contributed by atoms with Gasteiger partial charge in [-0.3, -0.25) is 0 Å². The summed E-state index contributed by atoms with van der Waals surface area (Å²) in [5.41, 5.74) is 7.54. The third-order valence-electron chi connectivity index (χ3n) is 4.18. The lowest BCUT2D eigenvalue weighted by atomic mass is 10.0. The van der Waals surface area contributed by atoms with Crippen LogP contribution in [0.15, 0.2) is 17.0 Å². The van der Waals surface area contributed by atoms with Crippen LogP contribution in [-0.4, -0.2) is 28.1 Å². The van der Waals surface area contributed by atoms with Crippen molar-refractivity contribution in [1.29, 1.82) is 0 Å². The van der Waals surface area contributed by atoms with E-state index in [9.17, 15) is 8.42 Å². The largest absolute Gasteiger partial charge is 0.496 e. The monoisotopic (exact) mass is 362 g/mol. The summed E-state index contributed by atoms with van der Waals surface area (Å²) in [6.45, 7) is 6.09. The molecule has 1 aliphatic rings. The number of benzene rings is 1. The Hall–Kier alpha value is -0.820. The Morgan fingerprint density at radius 1 is 1.35 bits per heavy atom. The number of halogens is 1. The number of ether oxygens (including phenoxy) is 1. The summed E-state index contributed by atoms with van der Waals surface area (Å²) in [6, 6.07) is 3.40. The molecule has 1 aliphatic carbocycles. The van der Waals surface area contributed by atoms with Crippen LogP contribution in [0.25, 0.3) is 0 Å². The molecule has 1 aromatic rings. The lowest BCUT2D eigenvalue weighted by Crippen LogP contribution is -2.38. The molecule has 7 heteroatoms. The van der Waals surface area contributed by atoms with Gasteiger partial charge in [-0.05, 0) is 54.9 Å². The Morgan fingerprint density at radius 2 is 1.96 bits per heavy atom. The van der Waals surface area contributed by atoms with E-state index in [0.29, 0.717) is 16.4 Å². The van der Waals surface area contributed by atoms with Gasteiger partial charge in [-0.1, -0.05) is 13.8 Å². The summed E-state index contributed by atoms with van der Waals surface area (Å²) < 4.78 is 33.1. The first-order valence-electron chi connectivity index (χ1n) is 7.70. The molecular weight excluding hydrogens is 336 g/mol. The molecule has 132 valence electrons. The van der Waals surface area contributed by atoms with Crippen LogP contribution in [0.1, 0.15) is 43.7 Å². The molecule has 5 nitrogen and oxygen atoms in total. The molecule has 1 fully saturated rings. The minimum atomic E-state index is -3.56. The van der Waals surface area contributed by atoms with Crippen LogP contribution >= 0.6 is 12.4 Å². The SMILES string of the molecule is COc1cc(C)c(S(=O)(=O)NCC(N)C2CC2)cc1C(C)C.Cl. The zero-order valence-electron chi connectivity index (χ0n) is 14.1. The van der Waals surface area contributed by atoms with E-state index < -0.39 is 10.0 Å². The molecule has 1 atom stereocenters. The van der Waals surface area contributed by atoms with Crippen LogP contribution in [0.3, 0.4) is 0 Å². The van der Waals surface area contributed by atoms with Crippen molar-refractivity contribution in [2.24, 2.45) is 11.7 Å². The molecule has 1 unspecified atom stereocenters. The van der Waals surface area contributed by atoms with Crippen molar-refractivity contribution in [2.45, 2.75) is 50.5 Å². The minimum absolute atomic E-state index is 0. The zero-order valence-corrected chi connectivity index (χ0v) is 15.8. The number of nitrogens with one attached hydrogen (secondary N) is 1. The maximum absolute atomic E-state index is 12.6. The van der Waals surface area contributed by atoms with Crippen LogP contribution in [0, 0.1) is 12.8 Å². The average Bonchev–Trinajstić information content (AvgIpc) is 3.28. The van der Waals surface area contributed by atoms with Gasteiger partial charge in [0.25, 0.3) is 0 Å². The average molecular weight is 363 g/mol. The first kappa shape index (κ1) is 20.2. The van der Waals surface area contributed by atoms with Crippen LogP contribution in [0.2, 0.25) is 0 Å². The second-order valence-electron chi connectivity index (χ2n) is 6.37. The molecule has 0 radical (unpaired) electrons. The molecule has 0 amide bonds. The highest BCUT2D eigenvalue weighted by Gasteiger charge is 2.30. The van der Waals surface area contributed by atoms with Crippen molar-refractivity contribution < 1.29 is 13.2 Å². The Morgan fingerprint density at radius 3 is 2.43 bits per heavy atom. The fourth-order valence-electron chi connectivity index (χ4n) is 2.57. The Labute approximate surface area is 145 Å². The van der Waals surface area contributed by atoms with E-state index in [1.165, 1.54) is 0 Å². The van der Waals surface area contributed by atoms with E-state index in [0.717, 1.165) is 24.2 Å². The summed E-state index contributed by atoms with van der Waals surface area (Å²) in [4.78, 5) is 0.306. The van der Waals surface area contributed by atoms with Crippen LogP contribution < -0.4 is 15.2 Å². The zero-order chi connectivity index (χ0) is 16.5. The molecule has 0 spiro atoms. The predicted octanol–water partition coefficient (Wildman–Crippen LogP) is 2.56. The normalized spacial score (nSPS) is 16.1. The maximum atomic E-state index is 12.6. The number of aryl methyl sites for hydroxylation is 1. The standard InChI is InChI=1S/C16H26N2O3S.ClH/c1-10(2)13-8-16(11(3)7-15(13)21-4)22(19,20)18-9-14(17)12-5-6-12;/h7-8,10,12,14,18H,5-6,9,17H2,1-4H3;1H. The highest BCUT2D eigenvalue weighted by molar-refractivity contribution is 7.89. The van der Waals surface area contributed by atoms with Gasteiger partial charge in [0.1, 0.15) is 5.75 Å². The van der Waals surface area contributed by atoms with E-state index in [2.05, 4.69) is 4.72 Å². The van der Waals surface area contributed by atoms with Gasteiger partial charge in [-0.25, -0.2) is 13.1 Å². The van der Waals surface area contributed by atoms with E-state index in [-0.39, 0.29) is 30.9 Å². The van der Waals surface area contributed by atoms with Crippen LogP contribution in [-0.2, 0) is 10.0 Å². The first-order chi connectivity index (χ1) is 10.3. The molecule has 2 rings (SSSR count). The molecule has 1 saturated carbocycles. The van der Waals surface area contributed by atoms with E-state index in [4.69, 9.17) is 10.5 Å². The smallest absolute Gasteiger partial charge is 0.240 e. The van der Waals surface area contributed by atoms with Crippen molar-refractivity contribution >= 4 is 22.4 Å². The number of methoxy groups -OCH3 is 1. The fourth-order valence-corrected chi connectivity index (χ4v) is 3.90. The Kier molecular flexibility index (Phi) is 6.89. The maximum Gasteiger partial charge on any atom is 0.240 e. The van der Waals surface area contributed by atoms with E-state index in [1.54, 1.807) is 26.2 Å². The molecule has 0 heterocycles. The van der Waals surface area contributed by atoms with Crippen molar-refractivity contribution in [2.75, 3.05) is 13.7 Å². The molecular formula is C16H27ClN2O3S. The predicted molar refractivity (Wildman–Crippen MR) is 95.0 cm³/mol. The first-order valence-corrected chi connectivity index (χ1v) is 9.18. The van der Waals surface area contributed by atoms with Gasteiger partial charge < -0.3 is 10.5 Å². The third-order valence-corrected chi connectivity index (χ3v) is 5.74. The number of rotatable bonds is 7. The van der Waals surface area contributed by atoms with Gasteiger partial charge in [0.2, 0.25) is 10.0 Å². The minimum Gasteiger partial charge on any atom is -0.496 e. The Bertz CT molecular complexity index is 643. The number of nitrogens with two attached hydrogens (primary N) is 1. The highest BCUT2D eigenvalue weighted by Crippen LogP contribution is 2.33. The van der Waals surface area contributed by atoms with Crippen LogP contribution in [0.5, 0.6) is 5.75 Å². The molecule has 0 bridgehead atoms. The van der Waals surface area contributed by atoms with Gasteiger partial charge in [-0.2, -0.15) is 0 Å². The van der Waals surface area contributed by atoms with Crippen molar-refractivity contribution in [3.8, 4) is 5.75 Å². The fraction of sp³-hybridized carbons (Fsp3) is 0.625. The lowest BCUT2D eigenvalue weighted by Gasteiger charge is -2.17. The van der Waals surface area contributed by atoms with Crippen molar-refractivity contribution in [3.05, 3.63) is 23.3 Å². The quantitative estimate of drug-likeness (QED) is 0.781. The van der Waals surface area contributed by atoms with Crippen molar-refractivity contribution in [1.82, 2.24) is 4.72 Å². The lowest BCUT2D eigenvalue weighted by molar-refractivity contribution is 0.406. The molecule has 1 aromatic carbocycles. The highest BCUT2D eigenvalue weighted by atomic mass is 35.5. The second kappa shape index (κ2) is 7.83. The van der Waals surface area contributed by atoms with Gasteiger partial charge >= 0.3 is 0 Å². The second-order valence-corrected chi connectivity index (χ2v) is 8.10. The third kappa shape index (κ3) is 4.83. The van der Waals surface area contributed by atoms with E-state index in [1.807, 2.05) is 13.8 Å². The van der Waals surface area contributed by atoms with Crippen molar-refractivity contribution in [3.63, 3.8) is 0 Å².